The van der Waals surface area contributed by atoms with Gasteiger partial charge in [-0.3, -0.25) is 14.5 Å². The summed E-state index contributed by atoms with van der Waals surface area (Å²) in [6.07, 6.45) is 1.53. The highest BCUT2D eigenvalue weighted by Gasteiger charge is 2.25. The van der Waals surface area contributed by atoms with Crippen LogP contribution in [0.2, 0.25) is 0 Å². The van der Waals surface area contributed by atoms with E-state index in [-0.39, 0.29) is 18.6 Å². The minimum atomic E-state index is -0.771. The molecule has 7 heteroatoms. The third kappa shape index (κ3) is 3.14. The molecule has 1 fully saturated rings. The zero-order valence-corrected chi connectivity index (χ0v) is 12.1. The lowest BCUT2D eigenvalue weighted by Crippen LogP contribution is -2.44. The fourth-order valence-corrected chi connectivity index (χ4v) is 2.72. The highest BCUT2D eigenvalue weighted by molar-refractivity contribution is 5.94. The van der Waals surface area contributed by atoms with Crippen LogP contribution in [0.3, 0.4) is 0 Å². The Kier molecular flexibility index (Phi) is 4.15. The maximum atomic E-state index is 12.2. The summed E-state index contributed by atoms with van der Waals surface area (Å²) in [5, 5.41) is 11.9. The molecule has 2 heterocycles. The van der Waals surface area contributed by atoms with Gasteiger partial charge in [0.15, 0.2) is 11.5 Å². The van der Waals surface area contributed by atoms with E-state index in [9.17, 15) is 9.59 Å². The van der Waals surface area contributed by atoms with Crippen molar-refractivity contribution in [2.45, 2.75) is 12.8 Å². The quantitative estimate of drug-likeness (QED) is 0.859. The number of rotatable bonds is 4. The molecule has 2 N–H and O–H groups in total. The van der Waals surface area contributed by atoms with Gasteiger partial charge in [-0.15, -0.1) is 0 Å². The van der Waals surface area contributed by atoms with Crippen LogP contribution in [0, 0.1) is 5.92 Å². The van der Waals surface area contributed by atoms with Crippen LogP contribution < -0.4 is 14.8 Å². The Labute approximate surface area is 127 Å². The number of fused-ring (bicyclic) bond motifs is 1. The topological polar surface area (TPSA) is 88.1 Å². The first-order chi connectivity index (χ1) is 10.6. The number of carboxylic acids is 1. The number of hydrogen-bond acceptors (Lipinski definition) is 5. The Morgan fingerprint density at radius 2 is 2.14 bits per heavy atom. The highest BCUT2D eigenvalue weighted by Crippen LogP contribution is 2.32. The van der Waals surface area contributed by atoms with E-state index in [0.29, 0.717) is 36.7 Å². The van der Waals surface area contributed by atoms with Gasteiger partial charge >= 0.3 is 5.97 Å². The number of carbonyl (C=O) groups excluding carboxylic acids is 1. The van der Waals surface area contributed by atoms with Crippen LogP contribution in [-0.2, 0) is 4.79 Å². The summed E-state index contributed by atoms with van der Waals surface area (Å²) in [7, 11) is 0. The van der Waals surface area contributed by atoms with Gasteiger partial charge in [0.2, 0.25) is 6.79 Å². The third-order valence-electron chi connectivity index (χ3n) is 3.95. The van der Waals surface area contributed by atoms with Crippen molar-refractivity contribution in [2.24, 2.45) is 5.92 Å². The molecule has 2 aliphatic rings. The first-order valence-corrected chi connectivity index (χ1v) is 7.26. The molecule has 1 aromatic carbocycles. The molecule has 2 aliphatic heterocycles. The van der Waals surface area contributed by atoms with Crippen LogP contribution in [0.4, 0.5) is 0 Å². The van der Waals surface area contributed by atoms with E-state index >= 15 is 0 Å². The molecule has 1 unspecified atom stereocenters. The lowest BCUT2D eigenvalue weighted by Gasteiger charge is -2.30. The van der Waals surface area contributed by atoms with E-state index in [1.165, 1.54) is 0 Å². The monoisotopic (exact) mass is 306 g/mol. The van der Waals surface area contributed by atoms with Crippen molar-refractivity contribution in [3.8, 4) is 11.5 Å². The molecule has 0 spiro atoms. The number of hydrogen-bond donors (Lipinski definition) is 2. The predicted molar refractivity (Wildman–Crippen MR) is 76.8 cm³/mol. The van der Waals surface area contributed by atoms with Crippen LogP contribution in [0.25, 0.3) is 0 Å². The average molecular weight is 306 g/mol. The maximum absolute atomic E-state index is 12.2. The molecule has 0 radical (unpaired) electrons. The van der Waals surface area contributed by atoms with Gasteiger partial charge in [0.25, 0.3) is 5.91 Å². The fourth-order valence-electron chi connectivity index (χ4n) is 2.72. The summed E-state index contributed by atoms with van der Waals surface area (Å²) in [4.78, 5) is 25.1. The van der Waals surface area contributed by atoms with Gasteiger partial charge in [-0.2, -0.15) is 0 Å². The summed E-state index contributed by atoms with van der Waals surface area (Å²) in [6, 6.07) is 5.03. The number of amides is 1. The zero-order chi connectivity index (χ0) is 15.5. The molecule has 0 aromatic heterocycles. The Balaban J connectivity index is 1.55. The first kappa shape index (κ1) is 14.6. The molecule has 0 bridgehead atoms. The zero-order valence-electron chi connectivity index (χ0n) is 12.1. The molecule has 3 rings (SSSR count). The van der Waals surface area contributed by atoms with Gasteiger partial charge < -0.3 is 19.9 Å². The summed E-state index contributed by atoms with van der Waals surface area (Å²) < 4.78 is 10.5. The minimum absolute atomic E-state index is 0.171. The molecule has 22 heavy (non-hydrogen) atoms. The van der Waals surface area contributed by atoms with Crippen LogP contribution in [0.1, 0.15) is 23.2 Å². The summed E-state index contributed by atoms with van der Waals surface area (Å²) in [5.74, 6) is -0.132. The molecule has 1 saturated heterocycles. The number of aliphatic carboxylic acids is 1. The Morgan fingerprint density at radius 1 is 1.32 bits per heavy atom. The second-order valence-electron chi connectivity index (χ2n) is 5.49. The van der Waals surface area contributed by atoms with Crippen molar-refractivity contribution in [2.75, 3.05) is 26.6 Å². The molecule has 0 saturated carbocycles. The third-order valence-corrected chi connectivity index (χ3v) is 3.95. The van der Waals surface area contributed by atoms with Crippen molar-refractivity contribution in [1.29, 1.82) is 0 Å². The maximum Gasteiger partial charge on any atom is 0.307 e. The van der Waals surface area contributed by atoms with Gasteiger partial charge in [0, 0.05) is 12.1 Å². The Morgan fingerprint density at radius 3 is 2.95 bits per heavy atom. The van der Waals surface area contributed by atoms with E-state index in [1.807, 2.05) is 4.90 Å². The fraction of sp³-hybridized carbons (Fsp3) is 0.467. The van der Waals surface area contributed by atoms with E-state index in [1.54, 1.807) is 18.2 Å². The Hall–Kier alpha value is -2.28. The molecule has 1 amide bonds. The summed E-state index contributed by atoms with van der Waals surface area (Å²) >= 11 is 0. The van der Waals surface area contributed by atoms with Crippen LogP contribution in [-0.4, -0.2) is 48.4 Å². The number of nitrogens with one attached hydrogen (secondary N) is 1. The minimum Gasteiger partial charge on any atom is -0.481 e. The number of carboxylic acid groups (broad SMARTS) is 1. The first-order valence-electron chi connectivity index (χ1n) is 7.26. The number of piperidine rings is 1. The predicted octanol–water partition coefficient (Wildman–Crippen LogP) is 0.899. The van der Waals surface area contributed by atoms with Crippen molar-refractivity contribution in [1.82, 2.24) is 10.2 Å². The highest BCUT2D eigenvalue weighted by atomic mass is 16.7. The molecular weight excluding hydrogens is 288 g/mol. The van der Waals surface area contributed by atoms with E-state index in [4.69, 9.17) is 14.6 Å². The largest absolute Gasteiger partial charge is 0.481 e. The number of carbonyl (C=O) groups is 2. The second-order valence-corrected chi connectivity index (χ2v) is 5.49. The smallest absolute Gasteiger partial charge is 0.307 e. The van der Waals surface area contributed by atoms with Gasteiger partial charge in [-0.25, -0.2) is 0 Å². The van der Waals surface area contributed by atoms with Crippen molar-refractivity contribution in [3.05, 3.63) is 23.8 Å². The average Bonchev–Trinajstić information content (AvgIpc) is 3.00. The van der Waals surface area contributed by atoms with Gasteiger partial charge in [-0.05, 0) is 37.6 Å². The van der Waals surface area contributed by atoms with Gasteiger partial charge in [0.1, 0.15) is 0 Å². The lowest BCUT2D eigenvalue weighted by atomic mass is 9.99. The van der Waals surface area contributed by atoms with E-state index in [2.05, 4.69) is 5.32 Å². The standard InChI is InChI=1S/C15H18N2O5/c18-14(10-3-4-12-13(6-10)22-9-21-12)16-8-17-5-1-2-11(7-17)15(19)20/h3-4,6,11H,1-2,5,7-9H2,(H,16,18)(H,19,20). The Bertz CT molecular complexity index is 589. The number of benzene rings is 1. The van der Waals surface area contributed by atoms with Crippen LogP contribution >= 0.6 is 0 Å². The van der Waals surface area contributed by atoms with Crippen molar-refractivity contribution >= 4 is 11.9 Å². The van der Waals surface area contributed by atoms with Gasteiger partial charge in [0.05, 0.1) is 12.6 Å². The van der Waals surface area contributed by atoms with E-state index < -0.39 is 5.97 Å². The van der Waals surface area contributed by atoms with Crippen LogP contribution in [0.15, 0.2) is 18.2 Å². The lowest BCUT2D eigenvalue weighted by molar-refractivity contribution is -0.143. The number of likely N-dealkylation sites (tertiary alicyclic amines) is 1. The molecule has 0 aliphatic carbocycles. The van der Waals surface area contributed by atoms with Crippen LogP contribution in [0.5, 0.6) is 11.5 Å². The van der Waals surface area contributed by atoms with Crippen molar-refractivity contribution in [3.63, 3.8) is 0 Å². The number of nitrogens with zero attached hydrogens (tertiary/aromatic N) is 1. The normalized spacial score (nSPS) is 20.6. The molecular formula is C15H18N2O5. The molecule has 118 valence electrons. The molecule has 1 aromatic rings. The molecule has 7 nitrogen and oxygen atoms in total. The summed E-state index contributed by atoms with van der Waals surface area (Å²) in [5.41, 5.74) is 0.496. The second kappa shape index (κ2) is 6.23. The SMILES string of the molecule is O=C(NCN1CCCC(C(=O)O)C1)c1ccc2c(c1)OCO2. The molecule has 1 atom stereocenters. The number of ether oxygens (including phenoxy) is 2. The van der Waals surface area contributed by atoms with E-state index in [0.717, 1.165) is 13.0 Å². The summed E-state index contributed by atoms with van der Waals surface area (Å²) in [6.45, 7) is 1.78. The van der Waals surface area contributed by atoms with Gasteiger partial charge in [-0.1, -0.05) is 0 Å². The van der Waals surface area contributed by atoms with Crippen molar-refractivity contribution < 1.29 is 24.2 Å².